The number of hydrogen-bond acceptors (Lipinski definition) is 4. The smallest absolute Gasteiger partial charge is 0.319 e. The quantitative estimate of drug-likeness (QED) is 0.657. The second kappa shape index (κ2) is 7.74. The van der Waals surface area contributed by atoms with Gasteiger partial charge in [-0.25, -0.2) is 4.79 Å². The van der Waals surface area contributed by atoms with Crippen molar-refractivity contribution in [1.29, 1.82) is 0 Å². The number of nitrogens with zero attached hydrogens (tertiary/aromatic N) is 1. The van der Waals surface area contributed by atoms with Gasteiger partial charge in [0.05, 0.1) is 6.54 Å². The fourth-order valence-electron chi connectivity index (χ4n) is 2.73. The number of rotatable bonds is 6. The molecule has 3 aromatic rings. The van der Waals surface area contributed by atoms with Gasteiger partial charge in [-0.1, -0.05) is 6.07 Å². The summed E-state index contributed by atoms with van der Waals surface area (Å²) in [4.78, 5) is 12.1. The molecule has 0 radical (unpaired) electrons. The van der Waals surface area contributed by atoms with Crippen molar-refractivity contribution >= 4 is 11.7 Å². The Kier molecular flexibility index (Phi) is 4.82. The van der Waals surface area contributed by atoms with Gasteiger partial charge in [-0.05, 0) is 42.5 Å². The van der Waals surface area contributed by atoms with Crippen molar-refractivity contribution < 1.29 is 19.0 Å². The third-order valence-corrected chi connectivity index (χ3v) is 4.01. The van der Waals surface area contributed by atoms with E-state index in [4.69, 9.17) is 14.2 Å². The summed E-state index contributed by atoms with van der Waals surface area (Å²) in [5.41, 5.74) is 1.69. The number of amides is 2. The maximum atomic E-state index is 12.1. The first kappa shape index (κ1) is 16.8. The van der Waals surface area contributed by atoms with Gasteiger partial charge in [0.2, 0.25) is 6.79 Å². The lowest BCUT2D eigenvalue weighted by Gasteiger charge is -2.10. The monoisotopic (exact) mass is 365 g/mol. The van der Waals surface area contributed by atoms with Gasteiger partial charge in [0.25, 0.3) is 0 Å². The minimum absolute atomic E-state index is 0.228. The van der Waals surface area contributed by atoms with Crippen LogP contribution in [0.1, 0.15) is 0 Å². The topological polar surface area (TPSA) is 73.8 Å². The van der Waals surface area contributed by atoms with Crippen LogP contribution in [0.5, 0.6) is 17.2 Å². The summed E-state index contributed by atoms with van der Waals surface area (Å²) in [6.45, 7) is 0.945. The van der Waals surface area contributed by atoms with Crippen molar-refractivity contribution in [2.75, 3.05) is 25.3 Å². The van der Waals surface area contributed by atoms with Crippen molar-refractivity contribution in [1.82, 2.24) is 9.88 Å². The second-order valence-electron chi connectivity index (χ2n) is 5.89. The Balaban J connectivity index is 1.24. The van der Waals surface area contributed by atoms with Crippen LogP contribution in [0.2, 0.25) is 0 Å². The third kappa shape index (κ3) is 4.14. The highest BCUT2D eigenvalue weighted by Crippen LogP contribution is 2.34. The lowest BCUT2D eigenvalue weighted by atomic mass is 10.3. The van der Waals surface area contributed by atoms with Gasteiger partial charge in [0, 0.05) is 29.8 Å². The molecule has 2 heterocycles. The molecule has 0 spiro atoms. The van der Waals surface area contributed by atoms with Gasteiger partial charge in [-0.2, -0.15) is 0 Å². The predicted octanol–water partition coefficient (Wildman–Crippen LogP) is 3.41. The Labute approximate surface area is 156 Å². The van der Waals surface area contributed by atoms with Gasteiger partial charge >= 0.3 is 6.03 Å². The van der Waals surface area contributed by atoms with Gasteiger partial charge in [0.15, 0.2) is 11.5 Å². The number of hydrogen-bond donors (Lipinski definition) is 2. The van der Waals surface area contributed by atoms with Crippen molar-refractivity contribution in [3.8, 4) is 22.9 Å². The molecule has 0 unspecified atom stereocenters. The summed E-state index contributed by atoms with van der Waals surface area (Å²) in [7, 11) is 0. The SMILES string of the molecule is O=C(NCCOc1ccc2c(c1)OCO2)Nc1cccc(-n2cccc2)c1. The molecule has 7 nitrogen and oxygen atoms in total. The molecule has 0 fully saturated rings. The van der Waals surface area contributed by atoms with Crippen LogP contribution in [0.3, 0.4) is 0 Å². The van der Waals surface area contributed by atoms with E-state index < -0.39 is 0 Å². The van der Waals surface area contributed by atoms with E-state index in [-0.39, 0.29) is 12.8 Å². The van der Waals surface area contributed by atoms with Crippen LogP contribution in [0.25, 0.3) is 5.69 Å². The number of nitrogens with one attached hydrogen (secondary N) is 2. The van der Waals surface area contributed by atoms with Gasteiger partial charge in [-0.3, -0.25) is 0 Å². The fraction of sp³-hybridized carbons (Fsp3) is 0.150. The highest BCUT2D eigenvalue weighted by atomic mass is 16.7. The molecule has 138 valence electrons. The first-order chi connectivity index (χ1) is 13.3. The van der Waals surface area contributed by atoms with Crippen molar-refractivity contribution in [2.24, 2.45) is 0 Å². The highest BCUT2D eigenvalue weighted by Gasteiger charge is 2.13. The summed E-state index contributed by atoms with van der Waals surface area (Å²) >= 11 is 0. The largest absolute Gasteiger partial charge is 0.492 e. The number of carbonyl (C=O) groups is 1. The van der Waals surface area contributed by atoms with E-state index in [1.807, 2.05) is 53.4 Å². The van der Waals surface area contributed by atoms with Crippen molar-refractivity contribution in [3.63, 3.8) is 0 Å². The van der Waals surface area contributed by atoms with Crippen LogP contribution in [-0.2, 0) is 0 Å². The summed E-state index contributed by atoms with van der Waals surface area (Å²) in [5.74, 6) is 2.05. The Morgan fingerprint density at radius 2 is 1.89 bits per heavy atom. The first-order valence-corrected chi connectivity index (χ1v) is 8.59. The van der Waals surface area contributed by atoms with E-state index in [0.717, 1.165) is 11.4 Å². The average molecular weight is 365 g/mol. The molecular weight excluding hydrogens is 346 g/mol. The molecule has 0 saturated heterocycles. The highest BCUT2D eigenvalue weighted by molar-refractivity contribution is 5.89. The minimum atomic E-state index is -0.283. The first-order valence-electron chi connectivity index (χ1n) is 8.59. The van der Waals surface area contributed by atoms with E-state index >= 15 is 0 Å². The number of benzene rings is 2. The molecule has 1 aromatic heterocycles. The van der Waals surface area contributed by atoms with E-state index in [1.165, 1.54) is 0 Å². The Morgan fingerprint density at radius 1 is 1.04 bits per heavy atom. The van der Waals surface area contributed by atoms with Crippen LogP contribution in [0.15, 0.2) is 67.0 Å². The van der Waals surface area contributed by atoms with Crippen LogP contribution in [0, 0.1) is 0 Å². The molecule has 1 aliphatic rings. The third-order valence-electron chi connectivity index (χ3n) is 4.01. The number of urea groups is 1. The van der Waals surface area contributed by atoms with E-state index in [9.17, 15) is 4.79 Å². The Morgan fingerprint density at radius 3 is 2.78 bits per heavy atom. The normalized spacial score (nSPS) is 11.9. The molecule has 0 atom stereocenters. The number of carbonyl (C=O) groups excluding carboxylic acids is 1. The van der Waals surface area contributed by atoms with Gasteiger partial charge in [0.1, 0.15) is 12.4 Å². The lowest BCUT2D eigenvalue weighted by Crippen LogP contribution is -2.32. The van der Waals surface area contributed by atoms with Crippen LogP contribution in [0.4, 0.5) is 10.5 Å². The molecule has 1 aliphatic heterocycles. The maximum Gasteiger partial charge on any atom is 0.319 e. The summed E-state index contributed by atoms with van der Waals surface area (Å²) in [5, 5.41) is 5.59. The lowest BCUT2D eigenvalue weighted by molar-refractivity contribution is 0.173. The number of ether oxygens (including phenoxy) is 3. The van der Waals surface area contributed by atoms with E-state index in [1.54, 1.807) is 18.2 Å². The summed E-state index contributed by atoms with van der Waals surface area (Å²) < 4.78 is 18.2. The standard InChI is InChI=1S/C20H19N3O4/c24-20(22-15-4-3-5-16(12-15)23-9-1-2-10-23)21-8-11-25-17-6-7-18-19(13-17)27-14-26-18/h1-7,9-10,12-13H,8,11,14H2,(H2,21,22,24). The molecule has 2 amide bonds. The van der Waals surface area contributed by atoms with E-state index in [2.05, 4.69) is 10.6 Å². The average Bonchev–Trinajstić information content (AvgIpc) is 3.37. The second-order valence-corrected chi connectivity index (χ2v) is 5.89. The molecule has 7 heteroatoms. The zero-order valence-electron chi connectivity index (χ0n) is 14.6. The number of anilines is 1. The fourth-order valence-corrected chi connectivity index (χ4v) is 2.73. The van der Waals surface area contributed by atoms with Crippen LogP contribution in [-0.4, -0.2) is 30.5 Å². The molecule has 27 heavy (non-hydrogen) atoms. The molecular formula is C20H19N3O4. The van der Waals surface area contributed by atoms with Crippen molar-refractivity contribution in [3.05, 3.63) is 67.0 Å². The van der Waals surface area contributed by atoms with Crippen LogP contribution >= 0.6 is 0 Å². The number of fused-ring (bicyclic) bond motifs is 1. The summed E-state index contributed by atoms with van der Waals surface area (Å²) in [6.07, 6.45) is 3.90. The molecule has 2 N–H and O–H groups in total. The van der Waals surface area contributed by atoms with Gasteiger partial charge in [-0.15, -0.1) is 0 Å². The molecule has 0 saturated carbocycles. The minimum Gasteiger partial charge on any atom is -0.492 e. The Hall–Kier alpha value is -3.61. The maximum absolute atomic E-state index is 12.1. The predicted molar refractivity (Wildman–Crippen MR) is 101 cm³/mol. The zero-order valence-corrected chi connectivity index (χ0v) is 14.6. The van der Waals surface area contributed by atoms with E-state index in [0.29, 0.717) is 30.4 Å². The molecule has 0 bridgehead atoms. The molecule has 0 aliphatic carbocycles. The molecule has 4 rings (SSSR count). The Bertz CT molecular complexity index is 925. The van der Waals surface area contributed by atoms with Gasteiger partial charge < -0.3 is 29.4 Å². The van der Waals surface area contributed by atoms with Crippen LogP contribution < -0.4 is 24.8 Å². The summed E-state index contributed by atoms with van der Waals surface area (Å²) in [6, 6.07) is 16.6. The van der Waals surface area contributed by atoms with Crippen molar-refractivity contribution in [2.45, 2.75) is 0 Å². The number of aromatic nitrogens is 1. The zero-order chi connectivity index (χ0) is 18.5. The molecule has 2 aromatic carbocycles.